The molecule has 1 heterocycles. The number of hydrogen-bond donors (Lipinski definition) is 1. The van der Waals surface area contributed by atoms with Crippen LogP contribution < -0.4 is 5.32 Å². The standard InChI is InChI=1S/C13H22N2O5/c1-3-20-12(17)5-4-11(16)9-15-7-6-10(8-15)14-13(18)19-2/h10H,3-9H2,1-2H3,(H,14,18). The first-order chi connectivity index (χ1) is 9.55. The van der Waals surface area contributed by atoms with Crippen molar-refractivity contribution in [1.29, 1.82) is 0 Å². The summed E-state index contributed by atoms with van der Waals surface area (Å²) in [5.74, 6) is -0.329. The Morgan fingerprint density at radius 1 is 1.30 bits per heavy atom. The average molecular weight is 286 g/mol. The normalized spacial score (nSPS) is 18.6. The highest BCUT2D eigenvalue weighted by molar-refractivity contribution is 5.84. The first-order valence-corrected chi connectivity index (χ1v) is 6.79. The van der Waals surface area contributed by atoms with Crippen molar-refractivity contribution in [1.82, 2.24) is 10.2 Å². The number of rotatable bonds is 7. The highest BCUT2D eigenvalue weighted by atomic mass is 16.5. The van der Waals surface area contributed by atoms with E-state index < -0.39 is 6.09 Å². The fourth-order valence-electron chi connectivity index (χ4n) is 2.12. The van der Waals surface area contributed by atoms with E-state index in [0.717, 1.165) is 13.0 Å². The van der Waals surface area contributed by atoms with Gasteiger partial charge in [0.25, 0.3) is 0 Å². The monoisotopic (exact) mass is 286 g/mol. The third-order valence-electron chi connectivity index (χ3n) is 3.09. The summed E-state index contributed by atoms with van der Waals surface area (Å²) >= 11 is 0. The second kappa shape index (κ2) is 8.52. The van der Waals surface area contributed by atoms with E-state index in [4.69, 9.17) is 4.74 Å². The highest BCUT2D eigenvalue weighted by Crippen LogP contribution is 2.09. The Labute approximate surface area is 118 Å². The van der Waals surface area contributed by atoms with Gasteiger partial charge >= 0.3 is 12.1 Å². The lowest BCUT2D eigenvalue weighted by molar-refractivity contribution is -0.144. The number of esters is 1. The van der Waals surface area contributed by atoms with E-state index in [1.165, 1.54) is 7.11 Å². The molecule has 7 heteroatoms. The summed E-state index contributed by atoms with van der Waals surface area (Å²) in [5.41, 5.74) is 0. The van der Waals surface area contributed by atoms with E-state index in [-0.39, 0.29) is 30.6 Å². The molecule has 0 aromatic rings. The van der Waals surface area contributed by atoms with Gasteiger partial charge in [0, 0.05) is 25.6 Å². The zero-order chi connectivity index (χ0) is 15.0. The molecule has 1 aliphatic heterocycles. The van der Waals surface area contributed by atoms with E-state index in [2.05, 4.69) is 10.1 Å². The smallest absolute Gasteiger partial charge is 0.407 e. The van der Waals surface area contributed by atoms with E-state index in [0.29, 0.717) is 19.7 Å². The summed E-state index contributed by atoms with van der Waals surface area (Å²) < 4.78 is 9.30. The van der Waals surface area contributed by atoms with Gasteiger partial charge in [-0.1, -0.05) is 0 Å². The third kappa shape index (κ3) is 6.01. The predicted molar refractivity (Wildman–Crippen MR) is 71.3 cm³/mol. The number of likely N-dealkylation sites (tertiary alicyclic amines) is 1. The molecular weight excluding hydrogens is 264 g/mol. The SMILES string of the molecule is CCOC(=O)CCC(=O)CN1CCC(NC(=O)OC)C1. The van der Waals surface area contributed by atoms with Gasteiger partial charge in [-0.3, -0.25) is 14.5 Å². The van der Waals surface area contributed by atoms with Crippen LogP contribution in [-0.4, -0.2) is 62.1 Å². The largest absolute Gasteiger partial charge is 0.466 e. The molecule has 0 aromatic carbocycles. The Hall–Kier alpha value is -1.63. The van der Waals surface area contributed by atoms with Crippen LogP contribution >= 0.6 is 0 Å². The molecule has 0 aliphatic carbocycles. The van der Waals surface area contributed by atoms with Gasteiger partial charge in [0.1, 0.15) is 5.78 Å². The van der Waals surface area contributed by atoms with Crippen molar-refractivity contribution in [3.8, 4) is 0 Å². The Balaban J connectivity index is 2.20. The Morgan fingerprint density at radius 3 is 2.70 bits per heavy atom. The van der Waals surface area contributed by atoms with Crippen LogP contribution in [0.4, 0.5) is 4.79 Å². The summed E-state index contributed by atoms with van der Waals surface area (Å²) in [5, 5.41) is 2.71. The summed E-state index contributed by atoms with van der Waals surface area (Å²) in [6.45, 7) is 3.75. The van der Waals surface area contributed by atoms with Gasteiger partial charge in [-0.2, -0.15) is 0 Å². The molecular formula is C13H22N2O5. The third-order valence-corrected chi connectivity index (χ3v) is 3.09. The number of carbonyl (C=O) groups is 3. The summed E-state index contributed by atoms with van der Waals surface area (Å²) in [6, 6.07) is 0.0142. The second-order valence-electron chi connectivity index (χ2n) is 4.70. The van der Waals surface area contributed by atoms with E-state index in [9.17, 15) is 14.4 Å². The molecule has 1 amide bonds. The van der Waals surface area contributed by atoms with Gasteiger partial charge in [0.05, 0.1) is 26.7 Å². The van der Waals surface area contributed by atoms with Crippen LogP contribution in [0.5, 0.6) is 0 Å². The zero-order valence-corrected chi connectivity index (χ0v) is 12.0. The Kier molecular flexibility index (Phi) is 7.00. The van der Waals surface area contributed by atoms with Crippen LogP contribution in [0.1, 0.15) is 26.2 Å². The van der Waals surface area contributed by atoms with Crippen molar-refractivity contribution in [3.05, 3.63) is 0 Å². The van der Waals surface area contributed by atoms with Crippen molar-refractivity contribution < 1.29 is 23.9 Å². The second-order valence-corrected chi connectivity index (χ2v) is 4.70. The van der Waals surface area contributed by atoms with Gasteiger partial charge in [0.2, 0.25) is 0 Å². The molecule has 0 aromatic heterocycles. The van der Waals surface area contributed by atoms with E-state index >= 15 is 0 Å². The molecule has 20 heavy (non-hydrogen) atoms. The summed E-state index contributed by atoms with van der Waals surface area (Å²) in [6.07, 6.45) is 0.667. The first-order valence-electron chi connectivity index (χ1n) is 6.79. The lowest BCUT2D eigenvalue weighted by Gasteiger charge is -2.15. The fourth-order valence-corrected chi connectivity index (χ4v) is 2.12. The van der Waals surface area contributed by atoms with Gasteiger partial charge in [-0.25, -0.2) is 4.79 Å². The number of Topliss-reactive ketones (excluding diaryl/α,β-unsaturated/α-hetero) is 1. The number of alkyl carbamates (subject to hydrolysis) is 1. The molecule has 1 N–H and O–H groups in total. The number of nitrogens with one attached hydrogen (secondary N) is 1. The minimum Gasteiger partial charge on any atom is -0.466 e. The molecule has 0 saturated carbocycles. The summed E-state index contributed by atoms with van der Waals surface area (Å²) in [4.78, 5) is 35.9. The predicted octanol–water partition coefficient (Wildman–Crippen LogP) is 0.329. The van der Waals surface area contributed by atoms with Gasteiger partial charge in [-0.05, 0) is 13.3 Å². The molecule has 1 rings (SSSR count). The fraction of sp³-hybridized carbons (Fsp3) is 0.769. The maximum absolute atomic E-state index is 11.7. The Morgan fingerprint density at radius 2 is 2.05 bits per heavy atom. The first kappa shape index (κ1) is 16.4. The molecule has 1 unspecified atom stereocenters. The molecule has 1 fully saturated rings. The van der Waals surface area contributed by atoms with Crippen LogP contribution in [0.15, 0.2) is 0 Å². The van der Waals surface area contributed by atoms with Crippen LogP contribution in [0, 0.1) is 0 Å². The molecule has 7 nitrogen and oxygen atoms in total. The number of carbonyl (C=O) groups excluding carboxylic acids is 3. The van der Waals surface area contributed by atoms with Crippen LogP contribution in [0.3, 0.4) is 0 Å². The number of ketones is 1. The molecule has 1 saturated heterocycles. The quantitative estimate of drug-likeness (QED) is 0.679. The number of methoxy groups -OCH3 is 1. The van der Waals surface area contributed by atoms with Crippen molar-refractivity contribution in [3.63, 3.8) is 0 Å². The van der Waals surface area contributed by atoms with Crippen LogP contribution in [0.2, 0.25) is 0 Å². The number of ether oxygens (including phenoxy) is 2. The molecule has 1 atom stereocenters. The van der Waals surface area contributed by atoms with Gasteiger partial charge in [-0.15, -0.1) is 0 Å². The maximum Gasteiger partial charge on any atom is 0.407 e. The molecule has 0 bridgehead atoms. The molecule has 0 radical (unpaired) electrons. The minimum absolute atomic E-state index is 0.0109. The zero-order valence-electron chi connectivity index (χ0n) is 12.0. The van der Waals surface area contributed by atoms with Gasteiger partial charge < -0.3 is 14.8 Å². The molecule has 114 valence electrons. The Bertz CT molecular complexity index is 359. The molecule has 1 aliphatic rings. The van der Waals surface area contributed by atoms with Crippen molar-refractivity contribution in [2.24, 2.45) is 0 Å². The lowest BCUT2D eigenvalue weighted by Crippen LogP contribution is -2.38. The van der Waals surface area contributed by atoms with Crippen LogP contribution in [0.25, 0.3) is 0 Å². The minimum atomic E-state index is -0.453. The van der Waals surface area contributed by atoms with E-state index in [1.807, 2.05) is 4.90 Å². The number of amides is 1. The van der Waals surface area contributed by atoms with Gasteiger partial charge in [0.15, 0.2) is 0 Å². The van der Waals surface area contributed by atoms with E-state index in [1.54, 1.807) is 6.92 Å². The molecule has 0 spiro atoms. The lowest BCUT2D eigenvalue weighted by atomic mass is 10.2. The van der Waals surface area contributed by atoms with Crippen molar-refractivity contribution in [2.45, 2.75) is 32.2 Å². The van der Waals surface area contributed by atoms with Crippen LogP contribution in [-0.2, 0) is 19.1 Å². The maximum atomic E-state index is 11.7. The van der Waals surface area contributed by atoms with Crippen molar-refractivity contribution in [2.75, 3.05) is 33.4 Å². The average Bonchev–Trinajstić information content (AvgIpc) is 2.83. The topological polar surface area (TPSA) is 84.9 Å². The number of hydrogen-bond acceptors (Lipinski definition) is 6. The highest BCUT2D eigenvalue weighted by Gasteiger charge is 2.25. The number of nitrogens with zero attached hydrogens (tertiary/aromatic N) is 1. The van der Waals surface area contributed by atoms with Crippen molar-refractivity contribution >= 4 is 17.8 Å². The summed E-state index contributed by atoms with van der Waals surface area (Å²) in [7, 11) is 1.32.